The van der Waals surface area contributed by atoms with Crippen LogP contribution in [0.5, 0.6) is 0 Å². The molecule has 0 bridgehead atoms. The Hall–Kier alpha value is -0.530. The lowest BCUT2D eigenvalue weighted by molar-refractivity contribution is 0.603. The van der Waals surface area contributed by atoms with Crippen LogP contribution in [0.4, 0.5) is 0 Å². The second-order valence-electron chi connectivity index (χ2n) is 3.77. The van der Waals surface area contributed by atoms with Gasteiger partial charge in [0.15, 0.2) is 0 Å². The van der Waals surface area contributed by atoms with Gasteiger partial charge < -0.3 is 5.73 Å². The fourth-order valence-corrected chi connectivity index (χ4v) is 1.89. The third kappa shape index (κ3) is 3.00. The van der Waals surface area contributed by atoms with Gasteiger partial charge in [0.25, 0.3) is 0 Å². The normalized spacial score (nSPS) is 12.9. The van der Waals surface area contributed by atoms with Crippen LogP contribution in [-0.4, -0.2) is 0 Å². The van der Waals surface area contributed by atoms with Crippen molar-refractivity contribution in [2.24, 2.45) is 5.73 Å². The molecule has 1 rings (SSSR count). The van der Waals surface area contributed by atoms with Crippen LogP contribution in [-0.2, 0) is 0 Å². The Morgan fingerprint density at radius 1 is 1.43 bits per heavy atom. The van der Waals surface area contributed by atoms with Crippen LogP contribution in [0.25, 0.3) is 0 Å². The lowest BCUT2D eigenvalue weighted by Crippen LogP contribution is -2.10. The summed E-state index contributed by atoms with van der Waals surface area (Å²) in [6.45, 7) is 4.21. The molecule has 1 atom stereocenters. The van der Waals surface area contributed by atoms with Crippen molar-refractivity contribution in [3.8, 4) is 0 Å². The van der Waals surface area contributed by atoms with Crippen LogP contribution in [0, 0.1) is 6.92 Å². The van der Waals surface area contributed by atoms with Gasteiger partial charge in [0.2, 0.25) is 0 Å². The van der Waals surface area contributed by atoms with Crippen molar-refractivity contribution < 1.29 is 0 Å². The molecule has 0 fully saturated rings. The Balaban J connectivity index is 2.74. The van der Waals surface area contributed by atoms with E-state index in [4.69, 9.17) is 17.3 Å². The van der Waals surface area contributed by atoms with Gasteiger partial charge in [0.05, 0.1) is 0 Å². The van der Waals surface area contributed by atoms with Crippen LogP contribution in [0.15, 0.2) is 18.2 Å². The van der Waals surface area contributed by atoms with Crippen molar-refractivity contribution in [3.63, 3.8) is 0 Å². The summed E-state index contributed by atoms with van der Waals surface area (Å²) in [5, 5.41) is 0.800. The quantitative estimate of drug-likeness (QED) is 0.805. The number of aryl methyl sites for hydroxylation is 1. The van der Waals surface area contributed by atoms with Crippen molar-refractivity contribution in [1.82, 2.24) is 0 Å². The van der Waals surface area contributed by atoms with E-state index in [9.17, 15) is 0 Å². The molecule has 1 aromatic rings. The molecule has 0 heterocycles. The average Bonchev–Trinajstić information content (AvgIpc) is 2.14. The lowest BCUT2D eigenvalue weighted by Gasteiger charge is -2.13. The molecule has 1 nitrogen and oxygen atoms in total. The van der Waals surface area contributed by atoms with Crippen LogP contribution in [0.1, 0.15) is 43.4 Å². The molecule has 78 valence electrons. The summed E-state index contributed by atoms with van der Waals surface area (Å²) in [5.74, 6) is 0. The van der Waals surface area contributed by atoms with Gasteiger partial charge in [-0.1, -0.05) is 43.5 Å². The third-order valence-electron chi connectivity index (χ3n) is 2.42. The van der Waals surface area contributed by atoms with E-state index < -0.39 is 0 Å². The van der Waals surface area contributed by atoms with E-state index in [0.29, 0.717) is 0 Å². The summed E-state index contributed by atoms with van der Waals surface area (Å²) < 4.78 is 0. The molecule has 14 heavy (non-hydrogen) atoms. The molecule has 2 heteroatoms. The monoisotopic (exact) mass is 211 g/mol. The average molecular weight is 212 g/mol. The van der Waals surface area contributed by atoms with Crippen LogP contribution in [0.3, 0.4) is 0 Å². The Morgan fingerprint density at radius 3 is 2.71 bits per heavy atom. The molecule has 2 N–H and O–H groups in total. The van der Waals surface area contributed by atoms with Gasteiger partial charge in [-0.15, -0.1) is 0 Å². The van der Waals surface area contributed by atoms with E-state index in [2.05, 4.69) is 13.0 Å². The van der Waals surface area contributed by atoms with Crippen LogP contribution >= 0.6 is 11.6 Å². The second-order valence-corrected chi connectivity index (χ2v) is 4.18. The number of unbranched alkanes of at least 4 members (excludes halogenated alkanes) is 1. The highest BCUT2D eigenvalue weighted by molar-refractivity contribution is 6.31. The Kier molecular flexibility index (Phi) is 4.43. The minimum Gasteiger partial charge on any atom is -0.324 e. The molecule has 0 spiro atoms. The van der Waals surface area contributed by atoms with E-state index in [1.807, 2.05) is 19.1 Å². The fourth-order valence-electron chi connectivity index (χ4n) is 1.51. The predicted octanol–water partition coefficient (Wildman–Crippen LogP) is 3.84. The molecule has 0 aliphatic rings. The molecular formula is C12H18ClN. The highest BCUT2D eigenvalue weighted by Crippen LogP contribution is 2.25. The number of hydrogen-bond acceptors (Lipinski definition) is 1. The molecule has 0 saturated carbocycles. The highest BCUT2D eigenvalue weighted by atomic mass is 35.5. The topological polar surface area (TPSA) is 26.0 Å². The van der Waals surface area contributed by atoms with E-state index in [0.717, 1.165) is 23.4 Å². The van der Waals surface area contributed by atoms with Gasteiger partial charge in [-0.25, -0.2) is 0 Å². The zero-order chi connectivity index (χ0) is 10.6. The number of halogens is 1. The number of benzene rings is 1. The minimum atomic E-state index is 0.0862. The largest absolute Gasteiger partial charge is 0.324 e. The van der Waals surface area contributed by atoms with Gasteiger partial charge in [-0.2, -0.15) is 0 Å². The summed E-state index contributed by atoms with van der Waals surface area (Å²) in [5.41, 5.74) is 8.30. The maximum absolute atomic E-state index is 6.12. The number of nitrogens with two attached hydrogens (primary N) is 1. The Morgan fingerprint density at radius 2 is 2.14 bits per heavy atom. The molecule has 0 aliphatic carbocycles. The second kappa shape index (κ2) is 5.38. The first-order valence-electron chi connectivity index (χ1n) is 5.16. The van der Waals surface area contributed by atoms with E-state index in [1.54, 1.807) is 0 Å². The molecule has 0 amide bonds. The highest BCUT2D eigenvalue weighted by Gasteiger charge is 2.09. The smallest absolute Gasteiger partial charge is 0.0456 e. The minimum absolute atomic E-state index is 0.0862. The zero-order valence-corrected chi connectivity index (χ0v) is 9.64. The number of hydrogen-bond donors (Lipinski definition) is 1. The van der Waals surface area contributed by atoms with Gasteiger partial charge in [-0.3, -0.25) is 0 Å². The van der Waals surface area contributed by atoms with Crippen LogP contribution in [0.2, 0.25) is 5.02 Å². The van der Waals surface area contributed by atoms with Crippen molar-refractivity contribution in [2.75, 3.05) is 0 Å². The molecular weight excluding hydrogens is 194 g/mol. The summed E-state index contributed by atoms with van der Waals surface area (Å²) in [6, 6.07) is 6.16. The molecule has 0 aromatic heterocycles. The van der Waals surface area contributed by atoms with Gasteiger partial charge in [-0.05, 0) is 30.5 Å². The summed E-state index contributed by atoms with van der Waals surface area (Å²) >= 11 is 6.12. The van der Waals surface area contributed by atoms with Crippen molar-refractivity contribution >= 4 is 11.6 Å². The first kappa shape index (κ1) is 11.5. The lowest BCUT2D eigenvalue weighted by atomic mass is 10.0. The number of rotatable bonds is 4. The van der Waals surface area contributed by atoms with Crippen molar-refractivity contribution in [3.05, 3.63) is 34.3 Å². The van der Waals surface area contributed by atoms with Crippen molar-refractivity contribution in [2.45, 2.75) is 39.2 Å². The summed E-state index contributed by atoms with van der Waals surface area (Å²) in [4.78, 5) is 0. The predicted molar refractivity (Wildman–Crippen MR) is 62.6 cm³/mol. The van der Waals surface area contributed by atoms with Gasteiger partial charge >= 0.3 is 0 Å². The fraction of sp³-hybridized carbons (Fsp3) is 0.500. The summed E-state index contributed by atoms with van der Waals surface area (Å²) in [6.07, 6.45) is 3.35. The van der Waals surface area contributed by atoms with E-state index in [-0.39, 0.29) is 6.04 Å². The third-order valence-corrected chi connectivity index (χ3v) is 2.75. The Bertz CT molecular complexity index is 296. The molecule has 0 radical (unpaired) electrons. The van der Waals surface area contributed by atoms with Crippen molar-refractivity contribution in [1.29, 1.82) is 0 Å². The first-order chi connectivity index (χ1) is 6.65. The SMILES string of the molecule is CCCC[C@@H](N)c1ccc(C)cc1Cl. The molecule has 0 aliphatic heterocycles. The summed E-state index contributed by atoms with van der Waals surface area (Å²) in [7, 11) is 0. The maximum atomic E-state index is 6.12. The first-order valence-corrected chi connectivity index (χ1v) is 5.54. The van der Waals surface area contributed by atoms with Crippen LogP contribution < -0.4 is 5.73 Å². The van der Waals surface area contributed by atoms with E-state index in [1.165, 1.54) is 12.0 Å². The zero-order valence-electron chi connectivity index (χ0n) is 8.89. The molecule has 0 unspecified atom stereocenters. The van der Waals surface area contributed by atoms with Gasteiger partial charge in [0.1, 0.15) is 0 Å². The maximum Gasteiger partial charge on any atom is 0.0456 e. The molecule has 0 saturated heterocycles. The van der Waals surface area contributed by atoms with E-state index >= 15 is 0 Å². The van der Waals surface area contributed by atoms with Gasteiger partial charge in [0, 0.05) is 11.1 Å². The standard InChI is InChI=1S/C12H18ClN/c1-3-4-5-12(14)10-7-6-9(2)8-11(10)13/h6-8,12H,3-5,14H2,1-2H3/t12-/m1/s1. The molecule has 1 aromatic carbocycles. The Labute approximate surface area is 91.3 Å².